The van der Waals surface area contributed by atoms with Gasteiger partial charge in [-0.3, -0.25) is 9.69 Å². The number of amides is 1. The molecule has 1 N–H and O–H groups in total. The highest BCUT2D eigenvalue weighted by Crippen LogP contribution is 2.24. The number of hydrogen-bond acceptors (Lipinski definition) is 5. The lowest BCUT2D eigenvalue weighted by atomic mass is 10.1. The van der Waals surface area contributed by atoms with Gasteiger partial charge in [0.05, 0.1) is 36.1 Å². The average molecular weight is 403 g/mol. The maximum absolute atomic E-state index is 12.5. The molecule has 1 amide bonds. The summed E-state index contributed by atoms with van der Waals surface area (Å²) in [4.78, 5) is 26.6. The van der Waals surface area contributed by atoms with Gasteiger partial charge in [-0.2, -0.15) is 0 Å². The van der Waals surface area contributed by atoms with Crippen molar-refractivity contribution < 1.29 is 19.1 Å². The van der Waals surface area contributed by atoms with Crippen LogP contribution in [0.1, 0.15) is 33.2 Å². The predicted octanol–water partition coefficient (Wildman–Crippen LogP) is 3.60. The number of hydrogen-bond donors (Lipinski definition) is 1. The van der Waals surface area contributed by atoms with Gasteiger partial charge in [0.2, 0.25) is 0 Å². The molecule has 0 radical (unpaired) electrons. The van der Waals surface area contributed by atoms with Crippen LogP contribution in [0.3, 0.4) is 0 Å². The molecule has 0 bridgehead atoms. The normalized spacial score (nSPS) is 14.5. The monoisotopic (exact) mass is 402 g/mol. The molecule has 148 valence electrons. The van der Waals surface area contributed by atoms with Crippen LogP contribution >= 0.6 is 11.6 Å². The Morgan fingerprint density at radius 3 is 2.43 bits per heavy atom. The van der Waals surface area contributed by atoms with E-state index in [9.17, 15) is 9.59 Å². The van der Waals surface area contributed by atoms with Crippen LogP contribution in [0.2, 0.25) is 5.02 Å². The second-order valence-corrected chi connectivity index (χ2v) is 6.86. The lowest BCUT2D eigenvalue weighted by molar-refractivity contribution is 0.0342. The van der Waals surface area contributed by atoms with Crippen molar-refractivity contribution >= 4 is 29.2 Å². The zero-order valence-corrected chi connectivity index (χ0v) is 16.5. The predicted molar refractivity (Wildman–Crippen MR) is 108 cm³/mol. The summed E-state index contributed by atoms with van der Waals surface area (Å²) in [5, 5.41) is 3.06. The first kappa shape index (κ1) is 20.3. The molecule has 0 atom stereocenters. The molecule has 0 unspecified atom stereocenters. The van der Waals surface area contributed by atoms with Crippen LogP contribution in [-0.4, -0.2) is 49.7 Å². The number of anilines is 1. The van der Waals surface area contributed by atoms with E-state index in [1.54, 1.807) is 31.2 Å². The topological polar surface area (TPSA) is 67.9 Å². The van der Waals surface area contributed by atoms with E-state index in [4.69, 9.17) is 21.1 Å². The van der Waals surface area contributed by atoms with Gasteiger partial charge in [-0.1, -0.05) is 23.7 Å². The largest absolute Gasteiger partial charge is 0.462 e. The summed E-state index contributed by atoms with van der Waals surface area (Å²) in [6.45, 7) is 6.22. The number of esters is 1. The molecule has 0 spiro atoms. The fraction of sp³-hybridized carbons (Fsp3) is 0.333. The lowest BCUT2D eigenvalue weighted by Gasteiger charge is -2.26. The molecule has 6 nitrogen and oxygen atoms in total. The van der Waals surface area contributed by atoms with Crippen molar-refractivity contribution in [3.8, 4) is 0 Å². The van der Waals surface area contributed by atoms with Gasteiger partial charge >= 0.3 is 5.97 Å². The van der Waals surface area contributed by atoms with Gasteiger partial charge in [-0.05, 0) is 42.8 Å². The maximum Gasteiger partial charge on any atom is 0.338 e. The van der Waals surface area contributed by atoms with Gasteiger partial charge in [0, 0.05) is 25.2 Å². The smallest absolute Gasteiger partial charge is 0.338 e. The lowest BCUT2D eigenvalue weighted by Crippen LogP contribution is -2.35. The first-order valence-electron chi connectivity index (χ1n) is 9.24. The van der Waals surface area contributed by atoms with Crippen molar-refractivity contribution in [3.05, 3.63) is 64.2 Å². The van der Waals surface area contributed by atoms with Crippen molar-refractivity contribution in [2.24, 2.45) is 0 Å². The summed E-state index contributed by atoms with van der Waals surface area (Å²) in [5.74, 6) is -0.707. The molecule has 0 aliphatic carbocycles. The first-order chi connectivity index (χ1) is 13.6. The molecular weight excluding hydrogens is 380 g/mol. The molecule has 3 rings (SSSR count). The van der Waals surface area contributed by atoms with Crippen molar-refractivity contribution in [3.63, 3.8) is 0 Å². The Kier molecular flexibility index (Phi) is 7.03. The third-order valence-electron chi connectivity index (χ3n) is 4.45. The second-order valence-electron chi connectivity index (χ2n) is 6.45. The highest BCUT2D eigenvalue weighted by Gasteiger charge is 2.14. The molecular formula is C21H23ClN2O4. The summed E-state index contributed by atoms with van der Waals surface area (Å²) in [5.41, 5.74) is 2.47. The molecule has 28 heavy (non-hydrogen) atoms. The van der Waals surface area contributed by atoms with Crippen molar-refractivity contribution in [1.82, 2.24) is 4.90 Å². The number of nitrogens with zero attached hydrogens (tertiary/aromatic N) is 1. The minimum atomic E-state index is -0.446. The summed E-state index contributed by atoms with van der Waals surface area (Å²) >= 11 is 6.20. The van der Waals surface area contributed by atoms with E-state index in [2.05, 4.69) is 10.2 Å². The summed E-state index contributed by atoms with van der Waals surface area (Å²) < 4.78 is 10.3. The van der Waals surface area contributed by atoms with E-state index in [0.717, 1.165) is 38.4 Å². The number of carbonyl (C=O) groups excluding carboxylic acids is 2. The number of nitrogens with one attached hydrogen (secondary N) is 1. The maximum atomic E-state index is 12.5. The van der Waals surface area contributed by atoms with Crippen LogP contribution < -0.4 is 5.32 Å². The standard InChI is InChI=1S/C21H23ClN2O4/c1-2-28-21(26)17-7-8-19(18(22)13-17)23-20(25)16-5-3-15(4-6-16)14-24-9-11-27-12-10-24/h3-8,13H,2,9-12,14H2,1H3,(H,23,25). The molecule has 0 aromatic heterocycles. The number of rotatable bonds is 6. The Balaban J connectivity index is 1.61. The third kappa shape index (κ3) is 5.32. The fourth-order valence-electron chi connectivity index (χ4n) is 2.93. The highest BCUT2D eigenvalue weighted by molar-refractivity contribution is 6.34. The molecule has 2 aromatic rings. The van der Waals surface area contributed by atoms with Crippen LogP contribution in [0.25, 0.3) is 0 Å². The molecule has 1 aliphatic rings. The van der Waals surface area contributed by atoms with Gasteiger partial charge in [0.15, 0.2) is 0 Å². The zero-order chi connectivity index (χ0) is 19.9. The Bertz CT molecular complexity index is 833. The minimum absolute atomic E-state index is 0.260. The van der Waals surface area contributed by atoms with Gasteiger partial charge in [-0.25, -0.2) is 4.79 Å². The highest BCUT2D eigenvalue weighted by atomic mass is 35.5. The fourth-order valence-corrected chi connectivity index (χ4v) is 3.16. The van der Waals surface area contributed by atoms with E-state index in [1.807, 2.05) is 12.1 Å². The summed E-state index contributed by atoms with van der Waals surface area (Å²) in [6, 6.07) is 12.2. The van der Waals surface area contributed by atoms with Crippen LogP contribution in [-0.2, 0) is 16.0 Å². The first-order valence-corrected chi connectivity index (χ1v) is 9.61. The quantitative estimate of drug-likeness (QED) is 0.748. The van der Waals surface area contributed by atoms with Crippen LogP contribution in [0.15, 0.2) is 42.5 Å². The molecule has 1 aliphatic heterocycles. The molecule has 1 saturated heterocycles. The average Bonchev–Trinajstić information content (AvgIpc) is 2.71. The Morgan fingerprint density at radius 1 is 1.11 bits per heavy atom. The SMILES string of the molecule is CCOC(=O)c1ccc(NC(=O)c2ccc(CN3CCOCC3)cc2)c(Cl)c1. The second kappa shape index (κ2) is 9.68. The van der Waals surface area contributed by atoms with Gasteiger partial charge in [0.25, 0.3) is 5.91 Å². The van der Waals surface area contributed by atoms with Gasteiger partial charge in [-0.15, -0.1) is 0 Å². The number of benzene rings is 2. The van der Waals surface area contributed by atoms with Crippen LogP contribution in [0.5, 0.6) is 0 Å². The molecule has 7 heteroatoms. The number of carbonyl (C=O) groups is 2. The van der Waals surface area contributed by atoms with Crippen molar-refractivity contribution in [2.75, 3.05) is 38.2 Å². The molecule has 1 heterocycles. The van der Waals surface area contributed by atoms with E-state index >= 15 is 0 Å². The van der Waals surface area contributed by atoms with Crippen LogP contribution in [0, 0.1) is 0 Å². The molecule has 0 saturated carbocycles. The number of ether oxygens (including phenoxy) is 2. The minimum Gasteiger partial charge on any atom is -0.462 e. The zero-order valence-electron chi connectivity index (χ0n) is 15.7. The Hall–Kier alpha value is -2.41. The van der Waals surface area contributed by atoms with Crippen molar-refractivity contribution in [1.29, 1.82) is 0 Å². The number of morpholine rings is 1. The van der Waals surface area contributed by atoms with E-state index < -0.39 is 5.97 Å². The van der Waals surface area contributed by atoms with Crippen molar-refractivity contribution in [2.45, 2.75) is 13.5 Å². The summed E-state index contributed by atoms with van der Waals surface area (Å²) in [6.07, 6.45) is 0. The summed E-state index contributed by atoms with van der Waals surface area (Å²) in [7, 11) is 0. The Morgan fingerprint density at radius 2 is 1.79 bits per heavy atom. The van der Waals surface area contributed by atoms with E-state index in [0.29, 0.717) is 16.8 Å². The van der Waals surface area contributed by atoms with Crippen LogP contribution in [0.4, 0.5) is 5.69 Å². The Labute approximate surface area is 169 Å². The molecule has 1 fully saturated rings. The van der Waals surface area contributed by atoms with Gasteiger partial charge < -0.3 is 14.8 Å². The van der Waals surface area contributed by atoms with Gasteiger partial charge in [0.1, 0.15) is 0 Å². The van der Waals surface area contributed by atoms with E-state index in [1.165, 1.54) is 6.07 Å². The third-order valence-corrected chi connectivity index (χ3v) is 4.77. The molecule has 2 aromatic carbocycles. The van der Waals surface area contributed by atoms with E-state index in [-0.39, 0.29) is 17.5 Å². The number of halogens is 1.